The van der Waals surface area contributed by atoms with E-state index in [-0.39, 0.29) is 23.8 Å². The van der Waals surface area contributed by atoms with Crippen molar-refractivity contribution in [3.05, 3.63) is 18.5 Å². The highest BCUT2D eigenvalue weighted by Gasteiger charge is 2.23. The van der Waals surface area contributed by atoms with Crippen LogP contribution in [-0.4, -0.2) is 21.9 Å². The molecule has 0 saturated heterocycles. The number of carbonyl (C=O) groups is 1. The topological polar surface area (TPSA) is 80.9 Å². The summed E-state index contributed by atoms with van der Waals surface area (Å²) >= 11 is 0. The van der Waals surface area contributed by atoms with Crippen LogP contribution in [-0.2, 0) is 4.79 Å². The summed E-state index contributed by atoms with van der Waals surface area (Å²) in [5, 5.41) is 2.60. The van der Waals surface area contributed by atoms with E-state index in [1.807, 2.05) is 20.8 Å². The van der Waals surface area contributed by atoms with Crippen molar-refractivity contribution in [2.45, 2.75) is 33.2 Å². The quantitative estimate of drug-likeness (QED) is 0.804. The number of hydrogen-bond donors (Lipinski definition) is 2. The highest BCUT2D eigenvalue weighted by Crippen LogP contribution is 2.19. The maximum Gasteiger partial charge on any atom is 0.229 e. The van der Waals surface area contributed by atoms with E-state index in [2.05, 4.69) is 15.3 Å². The Kier molecular flexibility index (Phi) is 3.95. The first-order valence-corrected chi connectivity index (χ1v) is 5.22. The van der Waals surface area contributed by atoms with E-state index in [4.69, 9.17) is 5.73 Å². The third-order valence-electron chi connectivity index (χ3n) is 2.33. The number of hydrogen-bond acceptors (Lipinski definition) is 4. The van der Waals surface area contributed by atoms with Gasteiger partial charge in [0, 0.05) is 24.9 Å². The third-order valence-corrected chi connectivity index (χ3v) is 2.33. The first-order chi connectivity index (χ1) is 7.39. The average molecular weight is 222 g/mol. The van der Waals surface area contributed by atoms with Crippen LogP contribution in [0.5, 0.6) is 0 Å². The molecule has 1 unspecified atom stereocenters. The van der Waals surface area contributed by atoms with E-state index in [1.54, 1.807) is 18.5 Å². The van der Waals surface area contributed by atoms with Gasteiger partial charge in [-0.05, 0) is 11.5 Å². The Morgan fingerprint density at radius 3 is 2.50 bits per heavy atom. The van der Waals surface area contributed by atoms with Gasteiger partial charge in [0.2, 0.25) is 11.9 Å². The van der Waals surface area contributed by atoms with Crippen LogP contribution in [0.1, 0.15) is 27.2 Å². The molecule has 1 aromatic heterocycles. The molecule has 1 rings (SSSR count). The van der Waals surface area contributed by atoms with Crippen molar-refractivity contribution in [3.8, 4) is 0 Å². The lowest BCUT2D eigenvalue weighted by Gasteiger charge is -2.26. The van der Waals surface area contributed by atoms with E-state index < -0.39 is 0 Å². The zero-order valence-corrected chi connectivity index (χ0v) is 9.90. The van der Waals surface area contributed by atoms with Gasteiger partial charge in [0.05, 0.1) is 0 Å². The van der Waals surface area contributed by atoms with Crippen LogP contribution in [0.2, 0.25) is 0 Å². The van der Waals surface area contributed by atoms with E-state index in [1.165, 1.54) is 0 Å². The summed E-state index contributed by atoms with van der Waals surface area (Å²) in [6, 6.07) is 1.51. The molecule has 16 heavy (non-hydrogen) atoms. The zero-order chi connectivity index (χ0) is 12.2. The van der Waals surface area contributed by atoms with E-state index in [9.17, 15) is 4.79 Å². The Hall–Kier alpha value is -1.49. The Bertz CT molecular complexity index is 345. The van der Waals surface area contributed by atoms with Gasteiger partial charge in [-0.1, -0.05) is 20.8 Å². The standard InChI is InChI=1S/C11H18N4O/c1-11(2,3)8(12)7-9(16)15-10-13-5-4-6-14-10/h4-6,8H,7,12H2,1-3H3,(H,13,14,15,16). The van der Waals surface area contributed by atoms with Gasteiger partial charge in [0.15, 0.2) is 0 Å². The normalized spacial score (nSPS) is 13.2. The number of nitrogens with zero attached hydrogens (tertiary/aromatic N) is 2. The van der Waals surface area contributed by atoms with Crippen molar-refractivity contribution in [2.24, 2.45) is 11.1 Å². The minimum Gasteiger partial charge on any atom is -0.327 e. The summed E-state index contributed by atoms with van der Waals surface area (Å²) in [7, 11) is 0. The zero-order valence-electron chi connectivity index (χ0n) is 9.90. The van der Waals surface area contributed by atoms with Crippen LogP contribution in [0.25, 0.3) is 0 Å². The van der Waals surface area contributed by atoms with E-state index >= 15 is 0 Å². The fourth-order valence-electron chi connectivity index (χ4n) is 1.05. The summed E-state index contributed by atoms with van der Waals surface area (Å²) < 4.78 is 0. The van der Waals surface area contributed by atoms with Gasteiger partial charge in [0.25, 0.3) is 0 Å². The number of nitrogens with one attached hydrogen (secondary N) is 1. The first kappa shape index (κ1) is 12.6. The minimum absolute atomic E-state index is 0.0884. The Morgan fingerprint density at radius 1 is 1.44 bits per heavy atom. The number of carbonyl (C=O) groups excluding carboxylic acids is 1. The molecule has 1 aromatic rings. The average Bonchev–Trinajstić information content (AvgIpc) is 2.17. The molecule has 0 radical (unpaired) electrons. The van der Waals surface area contributed by atoms with Gasteiger partial charge in [-0.3, -0.25) is 10.1 Å². The monoisotopic (exact) mass is 222 g/mol. The molecule has 0 fully saturated rings. The van der Waals surface area contributed by atoms with Gasteiger partial charge < -0.3 is 5.73 Å². The molecule has 0 spiro atoms. The lowest BCUT2D eigenvalue weighted by molar-refractivity contribution is -0.117. The second kappa shape index (κ2) is 5.03. The summed E-state index contributed by atoms with van der Waals surface area (Å²) in [5.74, 6) is 0.155. The SMILES string of the molecule is CC(C)(C)C(N)CC(=O)Nc1ncccn1. The molecule has 0 aromatic carbocycles. The van der Waals surface area contributed by atoms with Crippen LogP contribution in [0.15, 0.2) is 18.5 Å². The summed E-state index contributed by atoms with van der Waals surface area (Å²) in [6.07, 6.45) is 3.42. The van der Waals surface area contributed by atoms with Crippen LogP contribution >= 0.6 is 0 Å². The van der Waals surface area contributed by atoms with Gasteiger partial charge >= 0.3 is 0 Å². The molecule has 88 valence electrons. The van der Waals surface area contributed by atoms with E-state index in [0.29, 0.717) is 5.95 Å². The minimum atomic E-state index is -0.184. The Morgan fingerprint density at radius 2 is 2.00 bits per heavy atom. The second-order valence-electron chi connectivity index (χ2n) is 4.80. The lowest BCUT2D eigenvalue weighted by atomic mass is 9.85. The highest BCUT2D eigenvalue weighted by molar-refractivity contribution is 5.89. The van der Waals surface area contributed by atoms with Crippen molar-refractivity contribution in [1.29, 1.82) is 0 Å². The fraction of sp³-hybridized carbons (Fsp3) is 0.545. The number of anilines is 1. The van der Waals surface area contributed by atoms with Crippen molar-refractivity contribution in [3.63, 3.8) is 0 Å². The van der Waals surface area contributed by atoms with Crippen LogP contribution in [0.4, 0.5) is 5.95 Å². The molecule has 3 N–H and O–H groups in total. The molecular formula is C11H18N4O. The van der Waals surface area contributed by atoms with Gasteiger partial charge in [0.1, 0.15) is 0 Å². The maximum absolute atomic E-state index is 11.6. The Balaban J connectivity index is 2.49. The smallest absolute Gasteiger partial charge is 0.229 e. The van der Waals surface area contributed by atoms with Crippen molar-refractivity contribution in [2.75, 3.05) is 5.32 Å². The molecule has 5 nitrogen and oxygen atoms in total. The molecule has 0 aliphatic heterocycles. The molecule has 1 amide bonds. The number of amides is 1. The van der Waals surface area contributed by atoms with Crippen LogP contribution in [0, 0.1) is 5.41 Å². The van der Waals surface area contributed by atoms with Crippen molar-refractivity contribution < 1.29 is 4.79 Å². The summed E-state index contributed by atoms with van der Waals surface area (Å²) in [5.41, 5.74) is 5.82. The fourth-order valence-corrected chi connectivity index (χ4v) is 1.05. The van der Waals surface area contributed by atoms with Crippen LogP contribution in [0.3, 0.4) is 0 Å². The molecule has 0 saturated carbocycles. The van der Waals surface area contributed by atoms with Crippen LogP contribution < -0.4 is 11.1 Å². The summed E-state index contributed by atoms with van der Waals surface area (Å²) in [6.45, 7) is 6.01. The number of aromatic nitrogens is 2. The number of nitrogens with two attached hydrogens (primary N) is 1. The van der Waals surface area contributed by atoms with Gasteiger partial charge in [-0.2, -0.15) is 0 Å². The second-order valence-corrected chi connectivity index (χ2v) is 4.80. The van der Waals surface area contributed by atoms with E-state index in [0.717, 1.165) is 0 Å². The molecule has 1 atom stereocenters. The molecule has 0 aliphatic rings. The summed E-state index contributed by atoms with van der Waals surface area (Å²) in [4.78, 5) is 19.4. The predicted molar refractivity (Wildman–Crippen MR) is 62.7 cm³/mol. The molecule has 0 aliphatic carbocycles. The Labute approximate surface area is 95.5 Å². The highest BCUT2D eigenvalue weighted by atomic mass is 16.1. The number of rotatable bonds is 3. The largest absolute Gasteiger partial charge is 0.327 e. The molecule has 5 heteroatoms. The molecular weight excluding hydrogens is 204 g/mol. The van der Waals surface area contributed by atoms with Crippen molar-refractivity contribution >= 4 is 11.9 Å². The lowest BCUT2D eigenvalue weighted by Crippen LogP contribution is -2.38. The maximum atomic E-state index is 11.6. The van der Waals surface area contributed by atoms with Gasteiger partial charge in [-0.25, -0.2) is 9.97 Å². The molecule has 0 bridgehead atoms. The van der Waals surface area contributed by atoms with Gasteiger partial charge in [-0.15, -0.1) is 0 Å². The first-order valence-electron chi connectivity index (χ1n) is 5.22. The predicted octanol–water partition coefficient (Wildman–Crippen LogP) is 1.18. The van der Waals surface area contributed by atoms with Crippen molar-refractivity contribution in [1.82, 2.24) is 9.97 Å². The molecule has 1 heterocycles. The third kappa shape index (κ3) is 3.94.